The van der Waals surface area contributed by atoms with Gasteiger partial charge < -0.3 is 14.8 Å². The van der Waals surface area contributed by atoms with Gasteiger partial charge in [-0.25, -0.2) is 0 Å². The Bertz CT molecular complexity index is 136. The molecule has 0 amide bonds. The Morgan fingerprint density at radius 2 is 2.30 bits per heavy atom. The number of hydrogen-bond acceptors (Lipinski definition) is 4. The van der Waals surface area contributed by atoms with Gasteiger partial charge in [0.05, 0.1) is 6.61 Å². The van der Waals surface area contributed by atoms with E-state index < -0.39 is 7.12 Å². The van der Waals surface area contributed by atoms with Crippen molar-refractivity contribution in [1.82, 2.24) is 0 Å². The molecule has 2 N–H and O–H groups in total. The molecule has 1 atom stereocenters. The highest BCUT2D eigenvalue weighted by atomic mass is 16.5. The summed E-state index contributed by atoms with van der Waals surface area (Å²) in [7, 11) is -1.38. The third kappa shape index (κ3) is 1.72. The zero-order valence-corrected chi connectivity index (χ0v) is 5.49. The van der Waals surface area contributed by atoms with E-state index in [2.05, 4.69) is 4.74 Å². The Hall–Kier alpha value is -0.545. The molecule has 1 aliphatic heterocycles. The number of carbonyl (C=O) groups is 1. The Morgan fingerprint density at radius 1 is 1.60 bits per heavy atom. The van der Waals surface area contributed by atoms with Crippen LogP contribution in [0.15, 0.2) is 0 Å². The van der Waals surface area contributed by atoms with Crippen LogP contribution in [0.1, 0.15) is 12.8 Å². The maximum absolute atomic E-state index is 10.5. The van der Waals surface area contributed by atoms with Crippen molar-refractivity contribution in [3.05, 3.63) is 0 Å². The van der Waals surface area contributed by atoms with Crippen molar-refractivity contribution in [3.63, 3.8) is 0 Å². The first-order valence-corrected chi connectivity index (χ1v) is 3.22. The molecule has 0 aromatic heterocycles. The van der Waals surface area contributed by atoms with Crippen LogP contribution in [0.5, 0.6) is 0 Å². The van der Waals surface area contributed by atoms with Crippen LogP contribution in [0.25, 0.3) is 0 Å². The lowest BCUT2D eigenvalue weighted by molar-refractivity contribution is -0.146. The summed E-state index contributed by atoms with van der Waals surface area (Å²) in [6.07, 6.45) is 0.668. The first-order valence-electron chi connectivity index (χ1n) is 3.22. The average molecular weight is 144 g/mol. The van der Waals surface area contributed by atoms with Crippen molar-refractivity contribution in [3.8, 4) is 0 Å². The molecule has 0 spiro atoms. The highest BCUT2D eigenvalue weighted by Crippen LogP contribution is 2.22. The van der Waals surface area contributed by atoms with E-state index in [0.29, 0.717) is 13.0 Å². The van der Waals surface area contributed by atoms with Crippen LogP contribution in [0, 0.1) is 0 Å². The molecule has 0 aromatic carbocycles. The second kappa shape index (κ2) is 3.03. The standard InChI is InChI=1S/C5H9BO4/c7-5-3-4(6(8)9)1-2-10-5/h4,8-9H,1-3H2. The summed E-state index contributed by atoms with van der Waals surface area (Å²) in [5, 5.41) is 17.3. The van der Waals surface area contributed by atoms with Crippen LogP contribution in [0.2, 0.25) is 5.82 Å². The number of cyclic esters (lactones) is 1. The quantitative estimate of drug-likeness (QED) is 0.372. The Balaban J connectivity index is 2.39. The molecule has 0 saturated carbocycles. The van der Waals surface area contributed by atoms with Crippen LogP contribution < -0.4 is 0 Å². The number of esters is 1. The minimum atomic E-state index is -1.38. The molecular formula is C5H9BO4. The lowest BCUT2D eigenvalue weighted by atomic mass is 9.68. The van der Waals surface area contributed by atoms with Gasteiger partial charge in [0, 0.05) is 12.2 Å². The van der Waals surface area contributed by atoms with E-state index in [1.165, 1.54) is 0 Å². The van der Waals surface area contributed by atoms with Gasteiger partial charge in [-0.1, -0.05) is 0 Å². The molecule has 4 nitrogen and oxygen atoms in total. The maximum Gasteiger partial charge on any atom is 0.455 e. The molecule has 1 fully saturated rings. The third-order valence-electron chi connectivity index (χ3n) is 1.60. The molecule has 5 heteroatoms. The van der Waals surface area contributed by atoms with E-state index in [4.69, 9.17) is 10.0 Å². The van der Waals surface area contributed by atoms with Crippen molar-refractivity contribution in [2.24, 2.45) is 0 Å². The van der Waals surface area contributed by atoms with Crippen molar-refractivity contribution in [1.29, 1.82) is 0 Å². The highest BCUT2D eigenvalue weighted by molar-refractivity contribution is 6.43. The molecule has 0 aromatic rings. The van der Waals surface area contributed by atoms with Crippen LogP contribution in [0.3, 0.4) is 0 Å². The summed E-state index contributed by atoms with van der Waals surface area (Å²) in [4.78, 5) is 10.5. The van der Waals surface area contributed by atoms with E-state index in [1.54, 1.807) is 0 Å². The predicted octanol–water partition coefficient (Wildman–Crippen LogP) is -0.834. The van der Waals surface area contributed by atoms with Crippen LogP contribution in [0.4, 0.5) is 0 Å². The molecule has 0 aliphatic carbocycles. The van der Waals surface area contributed by atoms with Gasteiger partial charge in [-0.2, -0.15) is 0 Å². The largest absolute Gasteiger partial charge is 0.466 e. The van der Waals surface area contributed by atoms with Crippen molar-refractivity contribution in [2.75, 3.05) is 6.61 Å². The summed E-state index contributed by atoms with van der Waals surface area (Å²) >= 11 is 0. The third-order valence-corrected chi connectivity index (χ3v) is 1.60. The summed E-state index contributed by atoms with van der Waals surface area (Å²) in [6, 6.07) is 0. The number of carbonyl (C=O) groups excluding carboxylic acids is 1. The summed E-state index contributed by atoms with van der Waals surface area (Å²) in [5.74, 6) is -0.675. The minimum Gasteiger partial charge on any atom is -0.466 e. The van der Waals surface area contributed by atoms with Gasteiger partial charge >= 0.3 is 13.1 Å². The fourth-order valence-electron chi connectivity index (χ4n) is 0.954. The van der Waals surface area contributed by atoms with Gasteiger partial charge in [0.25, 0.3) is 0 Å². The lowest BCUT2D eigenvalue weighted by Crippen LogP contribution is -2.28. The molecule has 56 valence electrons. The van der Waals surface area contributed by atoms with Crippen molar-refractivity contribution >= 4 is 13.1 Å². The zero-order chi connectivity index (χ0) is 7.56. The molecule has 0 radical (unpaired) electrons. The van der Waals surface area contributed by atoms with Gasteiger partial charge in [0.2, 0.25) is 0 Å². The van der Waals surface area contributed by atoms with Gasteiger partial charge in [0.1, 0.15) is 0 Å². The van der Waals surface area contributed by atoms with E-state index in [1.807, 2.05) is 0 Å². The molecule has 1 saturated heterocycles. The Labute approximate surface area is 58.9 Å². The second-order valence-electron chi connectivity index (χ2n) is 2.39. The summed E-state index contributed by atoms with van der Waals surface area (Å²) in [6.45, 7) is 0.307. The lowest BCUT2D eigenvalue weighted by Gasteiger charge is -2.19. The summed E-state index contributed by atoms with van der Waals surface area (Å²) < 4.78 is 4.60. The van der Waals surface area contributed by atoms with Gasteiger partial charge in [-0.15, -0.1) is 0 Å². The van der Waals surface area contributed by atoms with E-state index >= 15 is 0 Å². The van der Waals surface area contributed by atoms with Gasteiger partial charge in [0.15, 0.2) is 0 Å². The Kier molecular flexibility index (Phi) is 2.29. The second-order valence-corrected chi connectivity index (χ2v) is 2.39. The normalized spacial score (nSPS) is 25.8. The monoisotopic (exact) mass is 144 g/mol. The zero-order valence-electron chi connectivity index (χ0n) is 5.49. The van der Waals surface area contributed by atoms with Crippen LogP contribution in [-0.2, 0) is 9.53 Å². The first-order chi connectivity index (χ1) is 4.70. The molecule has 10 heavy (non-hydrogen) atoms. The van der Waals surface area contributed by atoms with E-state index in [-0.39, 0.29) is 18.2 Å². The minimum absolute atomic E-state index is 0.123. The molecule has 1 rings (SSSR count). The van der Waals surface area contributed by atoms with E-state index in [0.717, 1.165) is 0 Å². The SMILES string of the molecule is O=C1CC(B(O)O)CCO1. The number of hydrogen-bond donors (Lipinski definition) is 2. The molecule has 0 bridgehead atoms. The van der Waals surface area contributed by atoms with Crippen molar-refractivity contribution < 1.29 is 19.6 Å². The summed E-state index contributed by atoms with van der Waals surface area (Å²) in [5.41, 5.74) is 0. The molecular weight excluding hydrogens is 135 g/mol. The van der Waals surface area contributed by atoms with Crippen molar-refractivity contribution in [2.45, 2.75) is 18.7 Å². The van der Waals surface area contributed by atoms with Crippen LogP contribution in [-0.4, -0.2) is 29.7 Å². The fraction of sp³-hybridized carbons (Fsp3) is 0.800. The van der Waals surface area contributed by atoms with Gasteiger partial charge in [-0.05, 0) is 6.42 Å². The average Bonchev–Trinajstić information content (AvgIpc) is 1.88. The van der Waals surface area contributed by atoms with Crippen LogP contribution >= 0.6 is 0 Å². The topological polar surface area (TPSA) is 66.8 Å². The van der Waals surface area contributed by atoms with E-state index in [9.17, 15) is 4.79 Å². The maximum atomic E-state index is 10.5. The highest BCUT2D eigenvalue weighted by Gasteiger charge is 2.29. The first kappa shape index (κ1) is 7.56. The molecule has 1 heterocycles. The smallest absolute Gasteiger partial charge is 0.455 e. The number of ether oxygens (including phenoxy) is 1. The fourth-order valence-corrected chi connectivity index (χ4v) is 0.954. The molecule has 1 unspecified atom stereocenters. The van der Waals surface area contributed by atoms with Gasteiger partial charge in [-0.3, -0.25) is 4.79 Å². The number of rotatable bonds is 1. The molecule has 1 aliphatic rings. The Morgan fingerprint density at radius 3 is 2.70 bits per heavy atom. The predicted molar refractivity (Wildman–Crippen MR) is 34.1 cm³/mol.